The standard InChI is InChI=1S/C14H26O/c1-10(2)7-11-3-4-13-9-14(15)6-5-12(13)8-11/h10-15H,3-9H2,1-2H3. The summed E-state index contributed by atoms with van der Waals surface area (Å²) < 4.78 is 0. The predicted molar refractivity (Wildman–Crippen MR) is 63.6 cm³/mol. The second kappa shape index (κ2) is 4.86. The Morgan fingerprint density at radius 3 is 2.40 bits per heavy atom. The Hall–Kier alpha value is -0.0400. The van der Waals surface area contributed by atoms with Gasteiger partial charge in [0.1, 0.15) is 0 Å². The van der Waals surface area contributed by atoms with Crippen LogP contribution in [0.4, 0.5) is 0 Å². The smallest absolute Gasteiger partial charge is 0.0543 e. The molecule has 0 amide bonds. The lowest BCUT2D eigenvalue weighted by Crippen LogP contribution is -2.33. The van der Waals surface area contributed by atoms with Gasteiger partial charge in [0, 0.05) is 0 Å². The van der Waals surface area contributed by atoms with E-state index in [-0.39, 0.29) is 6.10 Å². The van der Waals surface area contributed by atoms with Gasteiger partial charge < -0.3 is 5.11 Å². The SMILES string of the molecule is CC(C)CC1CCC2CC(O)CCC2C1. The van der Waals surface area contributed by atoms with Crippen LogP contribution in [0, 0.1) is 23.7 Å². The Kier molecular flexibility index (Phi) is 3.71. The number of hydrogen-bond donors (Lipinski definition) is 1. The summed E-state index contributed by atoms with van der Waals surface area (Å²) in [5, 5.41) is 9.66. The van der Waals surface area contributed by atoms with Gasteiger partial charge in [-0.05, 0) is 62.2 Å². The van der Waals surface area contributed by atoms with Gasteiger partial charge in [-0.3, -0.25) is 0 Å². The second-order valence-corrected chi connectivity index (χ2v) is 6.30. The van der Waals surface area contributed by atoms with Gasteiger partial charge in [-0.15, -0.1) is 0 Å². The highest BCUT2D eigenvalue weighted by Gasteiger charge is 2.34. The lowest BCUT2D eigenvalue weighted by Gasteiger charge is -2.41. The van der Waals surface area contributed by atoms with Crippen molar-refractivity contribution < 1.29 is 5.11 Å². The lowest BCUT2D eigenvalue weighted by molar-refractivity contribution is 0.0322. The minimum atomic E-state index is 0.0212. The molecule has 0 saturated heterocycles. The van der Waals surface area contributed by atoms with Crippen molar-refractivity contribution in [2.45, 2.75) is 64.9 Å². The third-order valence-corrected chi connectivity index (χ3v) is 4.50. The van der Waals surface area contributed by atoms with Gasteiger partial charge in [-0.1, -0.05) is 20.3 Å². The molecule has 0 aromatic carbocycles. The summed E-state index contributed by atoms with van der Waals surface area (Å²) in [6.45, 7) is 4.69. The first-order chi connectivity index (χ1) is 7.15. The maximum absolute atomic E-state index is 9.66. The van der Waals surface area contributed by atoms with Crippen molar-refractivity contribution in [1.82, 2.24) is 0 Å². The van der Waals surface area contributed by atoms with Gasteiger partial charge in [-0.25, -0.2) is 0 Å². The number of hydrogen-bond acceptors (Lipinski definition) is 1. The fourth-order valence-corrected chi connectivity index (χ4v) is 3.84. The fraction of sp³-hybridized carbons (Fsp3) is 1.00. The summed E-state index contributed by atoms with van der Waals surface area (Å²) in [5.74, 6) is 3.66. The summed E-state index contributed by atoms with van der Waals surface area (Å²) in [7, 11) is 0. The molecule has 4 atom stereocenters. The van der Waals surface area contributed by atoms with Crippen molar-refractivity contribution in [3.05, 3.63) is 0 Å². The van der Waals surface area contributed by atoms with E-state index in [1.165, 1.54) is 32.1 Å². The molecule has 0 radical (unpaired) electrons. The molecule has 0 aliphatic heterocycles. The molecule has 0 aromatic heterocycles. The normalized spacial score (nSPS) is 41.6. The maximum atomic E-state index is 9.66. The summed E-state index contributed by atoms with van der Waals surface area (Å²) in [6.07, 6.45) is 9.16. The van der Waals surface area contributed by atoms with E-state index >= 15 is 0 Å². The molecule has 2 aliphatic rings. The van der Waals surface area contributed by atoms with Crippen LogP contribution in [0.1, 0.15) is 58.8 Å². The number of aliphatic hydroxyl groups excluding tert-OH is 1. The fourth-order valence-electron chi connectivity index (χ4n) is 3.84. The zero-order valence-electron chi connectivity index (χ0n) is 10.3. The van der Waals surface area contributed by atoms with Gasteiger partial charge in [-0.2, -0.15) is 0 Å². The molecule has 0 aromatic rings. The molecule has 2 saturated carbocycles. The Morgan fingerprint density at radius 1 is 1.00 bits per heavy atom. The van der Waals surface area contributed by atoms with Gasteiger partial charge in [0.05, 0.1) is 6.10 Å². The van der Waals surface area contributed by atoms with E-state index in [0.29, 0.717) is 0 Å². The van der Waals surface area contributed by atoms with Crippen molar-refractivity contribution >= 4 is 0 Å². The van der Waals surface area contributed by atoms with Gasteiger partial charge in [0.15, 0.2) is 0 Å². The summed E-state index contributed by atoms with van der Waals surface area (Å²) >= 11 is 0. The first-order valence-electron chi connectivity index (χ1n) is 6.83. The topological polar surface area (TPSA) is 20.2 Å². The second-order valence-electron chi connectivity index (χ2n) is 6.30. The quantitative estimate of drug-likeness (QED) is 0.738. The first-order valence-corrected chi connectivity index (χ1v) is 6.83. The van der Waals surface area contributed by atoms with E-state index < -0.39 is 0 Å². The zero-order valence-corrected chi connectivity index (χ0v) is 10.3. The minimum Gasteiger partial charge on any atom is -0.393 e. The summed E-state index contributed by atoms with van der Waals surface area (Å²) in [6, 6.07) is 0. The van der Waals surface area contributed by atoms with Crippen LogP contribution in [-0.2, 0) is 0 Å². The molecule has 1 nitrogen and oxygen atoms in total. The van der Waals surface area contributed by atoms with Crippen LogP contribution in [-0.4, -0.2) is 11.2 Å². The molecule has 88 valence electrons. The number of rotatable bonds is 2. The summed E-state index contributed by atoms with van der Waals surface area (Å²) in [4.78, 5) is 0. The Labute approximate surface area is 94.3 Å². The molecule has 0 heterocycles. The van der Waals surface area contributed by atoms with Crippen LogP contribution < -0.4 is 0 Å². The Bertz CT molecular complexity index is 200. The van der Waals surface area contributed by atoms with Crippen LogP contribution in [0.2, 0.25) is 0 Å². The molecular formula is C14H26O. The van der Waals surface area contributed by atoms with Gasteiger partial charge in [0.2, 0.25) is 0 Å². The largest absolute Gasteiger partial charge is 0.393 e. The average molecular weight is 210 g/mol. The van der Waals surface area contributed by atoms with Crippen LogP contribution in [0.3, 0.4) is 0 Å². The van der Waals surface area contributed by atoms with Gasteiger partial charge in [0.25, 0.3) is 0 Å². The number of aliphatic hydroxyl groups is 1. The minimum absolute atomic E-state index is 0.0212. The Morgan fingerprint density at radius 2 is 1.67 bits per heavy atom. The zero-order chi connectivity index (χ0) is 10.8. The van der Waals surface area contributed by atoms with E-state index in [4.69, 9.17) is 0 Å². The third-order valence-electron chi connectivity index (χ3n) is 4.50. The van der Waals surface area contributed by atoms with Crippen LogP contribution in [0.15, 0.2) is 0 Å². The molecule has 4 unspecified atom stereocenters. The van der Waals surface area contributed by atoms with E-state index in [0.717, 1.165) is 36.5 Å². The highest BCUT2D eigenvalue weighted by Crippen LogP contribution is 2.44. The van der Waals surface area contributed by atoms with Crippen molar-refractivity contribution in [2.24, 2.45) is 23.7 Å². The molecule has 15 heavy (non-hydrogen) atoms. The van der Waals surface area contributed by atoms with E-state index in [2.05, 4.69) is 13.8 Å². The predicted octanol–water partition coefficient (Wildman–Crippen LogP) is 3.61. The van der Waals surface area contributed by atoms with Crippen molar-refractivity contribution in [1.29, 1.82) is 0 Å². The highest BCUT2D eigenvalue weighted by atomic mass is 16.3. The molecule has 0 bridgehead atoms. The van der Waals surface area contributed by atoms with Crippen LogP contribution in [0.25, 0.3) is 0 Å². The van der Waals surface area contributed by atoms with Crippen molar-refractivity contribution in [2.75, 3.05) is 0 Å². The van der Waals surface area contributed by atoms with Gasteiger partial charge >= 0.3 is 0 Å². The van der Waals surface area contributed by atoms with Crippen LogP contribution in [0.5, 0.6) is 0 Å². The number of fused-ring (bicyclic) bond motifs is 1. The molecule has 0 spiro atoms. The Balaban J connectivity index is 1.84. The molecule has 2 fully saturated rings. The molecular weight excluding hydrogens is 184 g/mol. The summed E-state index contributed by atoms with van der Waals surface area (Å²) in [5.41, 5.74) is 0. The third kappa shape index (κ3) is 2.96. The van der Waals surface area contributed by atoms with Crippen LogP contribution >= 0.6 is 0 Å². The monoisotopic (exact) mass is 210 g/mol. The maximum Gasteiger partial charge on any atom is 0.0543 e. The van der Waals surface area contributed by atoms with Crippen molar-refractivity contribution in [3.8, 4) is 0 Å². The lowest BCUT2D eigenvalue weighted by atomic mass is 9.66. The average Bonchev–Trinajstić information content (AvgIpc) is 2.17. The first kappa shape index (κ1) is 11.4. The van der Waals surface area contributed by atoms with E-state index in [1.54, 1.807) is 0 Å². The van der Waals surface area contributed by atoms with E-state index in [9.17, 15) is 5.11 Å². The molecule has 2 aliphatic carbocycles. The van der Waals surface area contributed by atoms with Crippen molar-refractivity contribution in [3.63, 3.8) is 0 Å². The molecule has 1 N–H and O–H groups in total. The highest BCUT2D eigenvalue weighted by molar-refractivity contribution is 4.86. The van der Waals surface area contributed by atoms with E-state index in [1.807, 2.05) is 0 Å². The molecule has 2 rings (SSSR count). The molecule has 1 heteroatoms.